The number of esters is 1. The lowest BCUT2D eigenvalue weighted by atomic mass is 10.1. The number of Topliss-reactive ketones (excluding diaryl/α,β-unsaturated/α-hetero) is 1. The normalized spacial score (nSPS) is 10.5. The van der Waals surface area contributed by atoms with E-state index in [2.05, 4.69) is 22.9 Å². The number of halogens is 1. The molecule has 0 heterocycles. The third-order valence-corrected chi connectivity index (χ3v) is 4.75. The van der Waals surface area contributed by atoms with Gasteiger partial charge in [-0.15, -0.1) is 0 Å². The maximum atomic E-state index is 12.3. The summed E-state index contributed by atoms with van der Waals surface area (Å²) in [4.78, 5) is 24.0. The third kappa shape index (κ3) is 6.51. The highest BCUT2D eigenvalue weighted by Crippen LogP contribution is 2.27. The monoisotopic (exact) mass is 432 g/mol. The summed E-state index contributed by atoms with van der Waals surface area (Å²) < 4.78 is 11.8. The summed E-state index contributed by atoms with van der Waals surface area (Å²) in [5.41, 5.74) is 1.04. The number of benzene rings is 2. The second-order valence-electron chi connectivity index (χ2n) is 6.24. The van der Waals surface area contributed by atoms with Crippen molar-refractivity contribution in [1.82, 2.24) is 0 Å². The summed E-state index contributed by atoms with van der Waals surface area (Å²) in [7, 11) is 0. The van der Waals surface area contributed by atoms with Gasteiger partial charge in [0.1, 0.15) is 11.5 Å². The molecule has 0 spiro atoms. The van der Waals surface area contributed by atoms with E-state index >= 15 is 0 Å². The molecule has 4 nitrogen and oxygen atoms in total. The zero-order valence-corrected chi connectivity index (χ0v) is 17.4. The number of ketones is 1. The fourth-order valence-electron chi connectivity index (χ4n) is 2.53. The minimum absolute atomic E-state index is 0.0575. The lowest BCUT2D eigenvalue weighted by Crippen LogP contribution is -2.09. The Hall–Kier alpha value is -2.14. The van der Waals surface area contributed by atoms with Crippen LogP contribution in [0.15, 0.2) is 46.9 Å². The summed E-state index contributed by atoms with van der Waals surface area (Å²) in [5.74, 6) is 0.715. The lowest BCUT2D eigenvalue weighted by molar-refractivity contribution is 0.0734. The van der Waals surface area contributed by atoms with Gasteiger partial charge in [0, 0.05) is 12.0 Å². The fourth-order valence-corrected chi connectivity index (χ4v) is 3.03. The molecule has 0 aliphatic carbocycles. The highest BCUT2D eigenvalue weighted by atomic mass is 79.9. The number of hydrogen-bond donors (Lipinski definition) is 0. The number of ether oxygens (including phenoxy) is 2. The smallest absolute Gasteiger partial charge is 0.343 e. The van der Waals surface area contributed by atoms with Crippen molar-refractivity contribution in [2.24, 2.45) is 0 Å². The molecule has 0 radical (unpaired) electrons. The van der Waals surface area contributed by atoms with Crippen molar-refractivity contribution in [2.45, 2.75) is 46.0 Å². The van der Waals surface area contributed by atoms with Crippen LogP contribution in [-0.2, 0) is 0 Å². The Balaban J connectivity index is 1.94. The van der Waals surface area contributed by atoms with E-state index in [-0.39, 0.29) is 5.78 Å². The molecule has 144 valence electrons. The molecule has 0 aliphatic heterocycles. The Labute approximate surface area is 169 Å². The first-order valence-corrected chi connectivity index (χ1v) is 10.1. The third-order valence-electron chi connectivity index (χ3n) is 4.13. The number of carbonyl (C=O) groups excluding carboxylic acids is 2. The van der Waals surface area contributed by atoms with Gasteiger partial charge in [0.2, 0.25) is 0 Å². The highest BCUT2D eigenvalue weighted by molar-refractivity contribution is 9.10. The first kappa shape index (κ1) is 21.2. The van der Waals surface area contributed by atoms with Gasteiger partial charge in [0.25, 0.3) is 0 Å². The Morgan fingerprint density at radius 2 is 1.63 bits per heavy atom. The number of carbonyl (C=O) groups is 2. The zero-order valence-electron chi connectivity index (χ0n) is 15.8. The van der Waals surface area contributed by atoms with E-state index in [0.717, 1.165) is 17.3 Å². The molecule has 0 aliphatic rings. The fraction of sp³-hybridized carbons (Fsp3) is 0.364. The zero-order chi connectivity index (χ0) is 19.6. The van der Waals surface area contributed by atoms with Crippen molar-refractivity contribution < 1.29 is 19.1 Å². The van der Waals surface area contributed by atoms with Crippen molar-refractivity contribution in [3.8, 4) is 11.5 Å². The van der Waals surface area contributed by atoms with E-state index in [9.17, 15) is 9.59 Å². The molecule has 5 heteroatoms. The van der Waals surface area contributed by atoms with E-state index in [1.807, 2.05) is 6.92 Å². The molecular formula is C22H25BrO4. The van der Waals surface area contributed by atoms with Gasteiger partial charge < -0.3 is 9.47 Å². The molecule has 2 aromatic carbocycles. The summed E-state index contributed by atoms with van der Waals surface area (Å²) in [5, 5.41) is 0. The molecular weight excluding hydrogens is 408 g/mol. The largest absolute Gasteiger partial charge is 0.492 e. The van der Waals surface area contributed by atoms with Gasteiger partial charge >= 0.3 is 5.97 Å². The molecule has 0 amide bonds. The van der Waals surface area contributed by atoms with Crippen LogP contribution >= 0.6 is 15.9 Å². The van der Waals surface area contributed by atoms with Crippen molar-refractivity contribution in [1.29, 1.82) is 0 Å². The second kappa shape index (κ2) is 10.9. The van der Waals surface area contributed by atoms with Gasteiger partial charge in [-0.25, -0.2) is 4.79 Å². The Morgan fingerprint density at radius 1 is 0.926 bits per heavy atom. The van der Waals surface area contributed by atoms with E-state index in [0.29, 0.717) is 35.7 Å². The molecule has 27 heavy (non-hydrogen) atoms. The van der Waals surface area contributed by atoms with Gasteiger partial charge in [-0.1, -0.05) is 33.1 Å². The number of hydrogen-bond acceptors (Lipinski definition) is 4. The quantitative estimate of drug-likeness (QED) is 0.193. The molecule has 0 saturated heterocycles. The maximum Gasteiger partial charge on any atom is 0.343 e. The summed E-state index contributed by atoms with van der Waals surface area (Å²) in [6.45, 7) is 4.65. The van der Waals surface area contributed by atoms with E-state index in [1.54, 1.807) is 42.5 Å². The summed E-state index contributed by atoms with van der Waals surface area (Å²) >= 11 is 3.45. The van der Waals surface area contributed by atoms with Crippen LogP contribution in [0.4, 0.5) is 0 Å². The topological polar surface area (TPSA) is 52.6 Å². The van der Waals surface area contributed by atoms with Crippen LogP contribution in [0.3, 0.4) is 0 Å². The van der Waals surface area contributed by atoms with Crippen LogP contribution in [0.5, 0.6) is 11.5 Å². The summed E-state index contributed by atoms with van der Waals surface area (Å²) in [6.07, 6.45) is 5.02. The van der Waals surface area contributed by atoms with Crippen LogP contribution in [-0.4, -0.2) is 18.4 Å². The SMILES string of the molecule is CCCCCCOc1ccc(C(=O)Oc2ccc(C(=O)CC)cc2)cc1Br. The van der Waals surface area contributed by atoms with E-state index < -0.39 is 5.97 Å². The highest BCUT2D eigenvalue weighted by Gasteiger charge is 2.12. The lowest BCUT2D eigenvalue weighted by Gasteiger charge is -2.10. The Morgan fingerprint density at radius 3 is 2.26 bits per heavy atom. The second-order valence-corrected chi connectivity index (χ2v) is 7.10. The summed E-state index contributed by atoms with van der Waals surface area (Å²) in [6, 6.07) is 11.7. The Bertz CT molecular complexity index is 768. The average Bonchev–Trinajstić information content (AvgIpc) is 2.68. The van der Waals surface area contributed by atoms with Crippen molar-refractivity contribution in [3.63, 3.8) is 0 Å². The molecule has 0 atom stereocenters. The minimum atomic E-state index is -0.459. The van der Waals surface area contributed by atoms with E-state index in [1.165, 1.54) is 12.8 Å². The van der Waals surface area contributed by atoms with Crippen LogP contribution in [0.2, 0.25) is 0 Å². The van der Waals surface area contributed by atoms with Crippen molar-refractivity contribution >= 4 is 27.7 Å². The van der Waals surface area contributed by atoms with E-state index in [4.69, 9.17) is 9.47 Å². The van der Waals surface area contributed by atoms with Gasteiger partial charge in [-0.05, 0) is 64.8 Å². The molecule has 0 bridgehead atoms. The predicted octanol–water partition coefficient (Wildman–Crippen LogP) is 6.22. The number of unbranched alkanes of at least 4 members (excludes halogenated alkanes) is 3. The molecule has 2 rings (SSSR count). The molecule has 0 fully saturated rings. The minimum Gasteiger partial charge on any atom is -0.492 e. The molecule has 2 aromatic rings. The van der Waals surface area contributed by atoms with Crippen LogP contribution in [0.1, 0.15) is 66.7 Å². The van der Waals surface area contributed by atoms with Gasteiger partial charge in [0.05, 0.1) is 16.6 Å². The van der Waals surface area contributed by atoms with Gasteiger partial charge in [-0.3, -0.25) is 4.79 Å². The average molecular weight is 433 g/mol. The number of rotatable bonds is 10. The van der Waals surface area contributed by atoms with Crippen LogP contribution < -0.4 is 9.47 Å². The maximum absolute atomic E-state index is 12.3. The molecule has 0 unspecified atom stereocenters. The first-order valence-electron chi connectivity index (χ1n) is 9.33. The van der Waals surface area contributed by atoms with Crippen molar-refractivity contribution in [3.05, 3.63) is 58.1 Å². The Kier molecular flexibility index (Phi) is 8.52. The van der Waals surface area contributed by atoms with Gasteiger partial charge in [0.15, 0.2) is 5.78 Å². The standard InChI is InChI=1S/C22H25BrO4/c1-3-5-6-7-14-26-21-13-10-17(15-19(21)23)22(25)27-18-11-8-16(9-12-18)20(24)4-2/h8-13,15H,3-7,14H2,1-2H3. The van der Waals surface area contributed by atoms with Crippen LogP contribution in [0, 0.1) is 0 Å². The first-order chi connectivity index (χ1) is 13.0. The predicted molar refractivity (Wildman–Crippen MR) is 110 cm³/mol. The van der Waals surface area contributed by atoms with Gasteiger partial charge in [-0.2, -0.15) is 0 Å². The van der Waals surface area contributed by atoms with Crippen molar-refractivity contribution in [2.75, 3.05) is 6.61 Å². The molecule has 0 aromatic heterocycles. The van der Waals surface area contributed by atoms with Crippen LogP contribution in [0.25, 0.3) is 0 Å². The molecule has 0 N–H and O–H groups in total. The molecule has 0 saturated carbocycles.